The van der Waals surface area contributed by atoms with Gasteiger partial charge in [0.15, 0.2) is 5.82 Å². The van der Waals surface area contributed by atoms with Crippen LogP contribution < -0.4 is 20.1 Å². The molecule has 4 aromatic rings. The Kier molecular flexibility index (Phi) is 10.5. The number of thiophene rings is 1. The Morgan fingerprint density at radius 1 is 1.12 bits per heavy atom. The van der Waals surface area contributed by atoms with Crippen molar-refractivity contribution >= 4 is 43.1 Å². The summed E-state index contributed by atoms with van der Waals surface area (Å²) in [5.74, 6) is -1.33. The molecule has 0 bridgehead atoms. The van der Waals surface area contributed by atoms with Gasteiger partial charge >= 0.3 is 6.01 Å². The van der Waals surface area contributed by atoms with Gasteiger partial charge in [0, 0.05) is 35.0 Å². The molecule has 0 amide bonds. The van der Waals surface area contributed by atoms with Gasteiger partial charge in [0.2, 0.25) is 5.88 Å². The van der Waals surface area contributed by atoms with Crippen molar-refractivity contribution in [3.8, 4) is 29.2 Å². The number of piperidine rings is 1. The number of pyridine rings is 1. The van der Waals surface area contributed by atoms with Crippen LogP contribution in [0.3, 0.4) is 0 Å². The van der Waals surface area contributed by atoms with Crippen LogP contribution in [-0.4, -0.2) is 113 Å². The Hall–Kier alpha value is -3.98. The van der Waals surface area contributed by atoms with Crippen LogP contribution in [-0.2, 0) is 9.47 Å². The van der Waals surface area contributed by atoms with E-state index in [1.165, 1.54) is 19.2 Å². The summed E-state index contributed by atoms with van der Waals surface area (Å²) < 4.78 is 56.9. The van der Waals surface area contributed by atoms with Crippen LogP contribution >= 0.6 is 11.3 Å². The molecule has 16 heteroatoms. The molecule has 3 aromatic heterocycles. The minimum absolute atomic E-state index is 0.0167. The highest BCUT2D eigenvalue weighted by atomic mass is 32.1. The average Bonchev–Trinajstić information content (AvgIpc) is 3.71. The van der Waals surface area contributed by atoms with Gasteiger partial charge in [0.05, 0.1) is 62.1 Å². The molecule has 13 nitrogen and oxygen atoms in total. The van der Waals surface area contributed by atoms with E-state index in [0.29, 0.717) is 18.7 Å². The van der Waals surface area contributed by atoms with Crippen molar-refractivity contribution in [1.29, 1.82) is 5.26 Å². The molecule has 4 fully saturated rings. The van der Waals surface area contributed by atoms with E-state index in [4.69, 9.17) is 34.6 Å². The van der Waals surface area contributed by atoms with E-state index < -0.39 is 23.3 Å². The van der Waals surface area contributed by atoms with Crippen molar-refractivity contribution in [2.75, 3.05) is 57.2 Å². The van der Waals surface area contributed by atoms with E-state index >= 15 is 8.78 Å². The van der Waals surface area contributed by atoms with Gasteiger partial charge in [-0.1, -0.05) is 6.42 Å². The van der Waals surface area contributed by atoms with Crippen LogP contribution in [0.5, 0.6) is 11.9 Å². The fourth-order valence-electron chi connectivity index (χ4n) is 9.84. The first-order valence-corrected chi connectivity index (χ1v) is 20.3. The van der Waals surface area contributed by atoms with Gasteiger partial charge in [0.1, 0.15) is 44.9 Å². The third-order valence-corrected chi connectivity index (χ3v) is 13.2. The summed E-state index contributed by atoms with van der Waals surface area (Å²) in [5.41, 5.74) is 4.37. The molecule has 3 aliphatic heterocycles. The first kappa shape index (κ1) is 38.9. The molecule has 300 valence electrons. The van der Waals surface area contributed by atoms with Crippen LogP contribution in [0.1, 0.15) is 71.3 Å². The normalized spacial score (nSPS) is 30.0. The number of aliphatic hydroxyl groups excluding tert-OH is 1. The molecular weight excluding hydrogens is 745 g/mol. The highest BCUT2D eigenvalue weighted by Crippen LogP contribution is 2.50. The minimum Gasteiger partial charge on any atom is -0.480 e. The van der Waals surface area contributed by atoms with E-state index in [2.05, 4.69) is 23.7 Å². The lowest BCUT2D eigenvalue weighted by molar-refractivity contribution is -0.0967. The number of halogens is 2. The third-order valence-electron chi connectivity index (χ3n) is 12.2. The predicted octanol–water partition coefficient (Wildman–Crippen LogP) is 5.57. The molecule has 1 saturated carbocycles. The molecule has 3 saturated heterocycles. The maximum Gasteiger partial charge on any atom is 0.319 e. The Balaban J connectivity index is 1.25. The summed E-state index contributed by atoms with van der Waals surface area (Å²) in [5, 5.41) is 31.8. The number of hydrogen-bond acceptors (Lipinski definition) is 14. The minimum atomic E-state index is -1.37. The zero-order valence-corrected chi connectivity index (χ0v) is 33.0. The zero-order chi connectivity index (χ0) is 39.5. The van der Waals surface area contributed by atoms with Gasteiger partial charge in [0.25, 0.3) is 0 Å². The summed E-state index contributed by atoms with van der Waals surface area (Å²) >= 11 is 0.903. The van der Waals surface area contributed by atoms with Crippen LogP contribution in [0.25, 0.3) is 32.2 Å². The molecule has 6 atom stereocenters. The lowest BCUT2D eigenvalue weighted by Crippen LogP contribution is -2.57. The number of likely N-dealkylation sites (tertiary alicyclic amines) is 1. The zero-order valence-electron chi connectivity index (χ0n) is 32.2. The second-order valence-electron chi connectivity index (χ2n) is 16.4. The largest absolute Gasteiger partial charge is 0.480 e. The lowest BCUT2D eigenvalue weighted by atomic mass is 9.74. The van der Waals surface area contributed by atoms with Crippen molar-refractivity contribution in [3.05, 3.63) is 29.3 Å². The Morgan fingerprint density at radius 2 is 1.89 bits per heavy atom. The number of nitriles is 1. The van der Waals surface area contributed by atoms with Crippen molar-refractivity contribution in [2.24, 2.45) is 5.41 Å². The molecule has 56 heavy (non-hydrogen) atoms. The molecular formula is C40H49F2N7O6S. The molecule has 6 unspecified atom stereocenters. The van der Waals surface area contributed by atoms with Gasteiger partial charge in [-0.05, 0) is 78.0 Å². The van der Waals surface area contributed by atoms with Crippen molar-refractivity contribution < 1.29 is 37.9 Å². The molecule has 4 aliphatic rings. The summed E-state index contributed by atoms with van der Waals surface area (Å²) in [6.45, 7) is 7.00. The predicted molar refractivity (Wildman–Crippen MR) is 208 cm³/mol. The number of nitrogens with zero attached hydrogens (tertiary/aromatic N) is 6. The molecule has 4 N–H and O–H groups in total. The first-order valence-electron chi connectivity index (χ1n) is 19.4. The number of β-amino-alcohol motifs (C(OH)–C–C–N with tert-alkyl or cyclic N) is 1. The van der Waals surface area contributed by atoms with E-state index in [1.807, 2.05) is 6.07 Å². The van der Waals surface area contributed by atoms with Gasteiger partial charge in [-0.3, -0.25) is 4.90 Å². The van der Waals surface area contributed by atoms with Crippen molar-refractivity contribution in [2.45, 2.75) is 102 Å². The SMILES string of the molecule is COc1nc(-c2ccc(F)c3sc(N)c(C#N)c23)c(F)c2nc(OCC34CCCC3N(C3CC(C)OC(C)C3)CCC4)nc(N3CC(CO)OCC(C)(O)C3)c12. The molecule has 1 aliphatic carbocycles. The molecule has 1 aromatic carbocycles. The number of fused-ring (bicyclic) bond motifs is 3. The second kappa shape index (κ2) is 15.1. The van der Waals surface area contributed by atoms with E-state index in [-0.39, 0.29) is 104 Å². The molecule has 0 radical (unpaired) electrons. The lowest BCUT2D eigenvalue weighted by Gasteiger charge is -2.51. The maximum atomic E-state index is 17.4. The van der Waals surface area contributed by atoms with Gasteiger partial charge in [-0.25, -0.2) is 13.8 Å². The Labute approximate surface area is 328 Å². The number of nitrogen functional groups attached to an aromatic ring is 1. The van der Waals surface area contributed by atoms with Crippen LogP contribution in [0, 0.1) is 28.4 Å². The quantitative estimate of drug-likeness (QED) is 0.203. The van der Waals surface area contributed by atoms with E-state index in [1.54, 1.807) is 11.8 Å². The Morgan fingerprint density at radius 3 is 2.62 bits per heavy atom. The highest BCUT2D eigenvalue weighted by molar-refractivity contribution is 7.23. The average molecular weight is 794 g/mol. The number of nitrogens with two attached hydrogens (primary N) is 1. The highest BCUT2D eigenvalue weighted by Gasteiger charge is 2.51. The monoisotopic (exact) mass is 793 g/mol. The number of rotatable bonds is 8. The summed E-state index contributed by atoms with van der Waals surface area (Å²) in [6.07, 6.45) is 6.78. The smallest absolute Gasteiger partial charge is 0.319 e. The van der Waals surface area contributed by atoms with Crippen molar-refractivity contribution in [3.63, 3.8) is 0 Å². The van der Waals surface area contributed by atoms with Gasteiger partial charge in [-0.2, -0.15) is 15.2 Å². The number of anilines is 2. The topological polar surface area (TPSA) is 172 Å². The fourth-order valence-corrected chi connectivity index (χ4v) is 10.8. The van der Waals surface area contributed by atoms with Crippen LogP contribution in [0.4, 0.5) is 19.6 Å². The van der Waals surface area contributed by atoms with E-state index in [9.17, 15) is 15.5 Å². The number of benzene rings is 1. The van der Waals surface area contributed by atoms with Gasteiger partial charge in [-0.15, -0.1) is 11.3 Å². The second-order valence-corrected chi connectivity index (χ2v) is 17.4. The number of aromatic nitrogens is 3. The summed E-state index contributed by atoms with van der Waals surface area (Å²) in [7, 11) is 1.38. The standard InChI is InChI=1S/C40H49F2N7O6S/c1-21-13-23(14-22(2)55-21)49-12-6-11-40(10-5-7-28(40)49)20-54-38-46-33-30(36(47-38)48-16-24(17-50)53-19-39(3,51)18-48)37(52-4)45-32(31(33)42)25-8-9-27(41)34-29(25)26(15-43)35(44)56-34/h8-9,21-24,28,50-51H,5-7,10-14,16-20,44H2,1-4H3. The Bertz CT molecular complexity index is 2170. The number of ether oxygens (including phenoxy) is 4. The summed E-state index contributed by atoms with van der Waals surface area (Å²) in [6, 6.07) is 5.25. The summed E-state index contributed by atoms with van der Waals surface area (Å²) in [4.78, 5) is 18.6. The first-order chi connectivity index (χ1) is 26.8. The number of aliphatic hydroxyl groups is 2. The molecule has 8 rings (SSSR count). The maximum absolute atomic E-state index is 17.4. The fraction of sp³-hybridized carbons (Fsp3) is 0.600. The number of hydrogen-bond donors (Lipinski definition) is 3. The van der Waals surface area contributed by atoms with Crippen LogP contribution in [0.2, 0.25) is 0 Å². The van der Waals surface area contributed by atoms with Crippen LogP contribution in [0.15, 0.2) is 12.1 Å². The van der Waals surface area contributed by atoms with E-state index in [0.717, 1.165) is 62.8 Å². The molecule has 6 heterocycles. The molecule has 0 spiro atoms. The number of methoxy groups -OCH3 is 1. The van der Waals surface area contributed by atoms with Gasteiger partial charge < -0.3 is 39.8 Å². The van der Waals surface area contributed by atoms with Crippen molar-refractivity contribution in [1.82, 2.24) is 19.9 Å². The third kappa shape index (κ3) is 6.90.